The lowest BCUT2D eigenvalue weighted by Gasteiger charge is -2.23. The average molecular weight is 462 g/mol. The summed E-state index contributed by atoms with van der Waals surface area (Å²) in [5.41, 5.74) is 2.16. The molecule has 9 heteroatoms. The maximum Gasteiger partial charge on any atom is 0.243 e. The number of fused-ring (bicyclic) bond motifs is 1. The zero-order valence-electron chi connectivity index (χ0n) is 17.2. The fourth-order valence-electron chi connectivity index (χ4n) is 4.17. The number of carbonyl (C=O) groups excluding carboxylic acids is 2. The van der Waals surface area contributed by atoms with Crippen LogP contribution in [0.25, 0.3) is 0 Å². The molecule has 31 heavy (non-hydrogen) atoms. The molecule has 0 radical (unpaired) electrons. The highest BCUT2D eigenvalue weighted by Gasteiger charge is 2.38. The molecule has 0 unspecified atom stereocenters. The normalized spacial score (nSPS) is 18.8. The van der Waals surface area contributed by atoms with Crippen LogP contribution in [0.15, 0.2) is 47.4 Å². The lowest BCUT2D eigenvalue weighted by molar-refractivity contribution is -0.125. The molecule has 2 amide bonds. The minimum Gasteiger partial charge on any atom is -0.350 e. The first-order chi connectivity index (χ1) is 14.8. The second kappa shape index (κ2) is 8.61. The monoisotopic (exact) mass is 461 g/mol. The first-order valence-corrected chi connectivity index (χ1v) is 12.0. The van der Waals surface area contributed by atoms with Crippen molar-refractivity contribution in [2.45, 2.75) is 43.7 Å². The third-order valence-corrected chi connectivity index (χ3v) is 7.91. The third kappa shape index (κ3) is 4.33. The number of anilines is 1. The van der Waals surface area contributed by atoms with Gasteiger partial charge < -0.3 is 5.32 Å². The summed E-state index contributed by atoms with van der Waals surface area (Å²) in [6.45, 7) is 2.76. The van der Waals surface area contributed by atoms with Crippen molar-refractivity contribution >= 4 is 39.1 Å². The minimum atomic E-state index is -3.57. The Hall–Kier alpha value is -2.42. The zero-order chi connectivity index (χ0) is 22.2. The van der Waals surface area contributed by atoms with Gasteiger partial charge in [-0.15, -0.1) is 0 Å². The summed E-state index contributed by atoms with van der Waals surface area (Å²) in [5.74, 6) is -0.550. The number of benzene rings is 2. The summed E-state index contributed by atoms with van der Waals surface area (Å²) >= 11 is 5.89. The maximum atomic E-state index is 12.9. The van der Waals surface area contributed by atoms with Crippen LogP contribution >= 0.6 is 11.6 Å². The number of nitrogens with one attached hydrogen (secondary N) is 1. The van der Waals surface area contributed by atoms with E-state index in [4.69, 9.17) is 11.6 Å². The second-order valence-electron chi connectivity index (χ2n) is 7.85. The molecule has 1 atom stereocenters. The summed E-state index contributed by atoms with van der Waals surface area (Å²) in [4.78, 5) is 26.9. The number of rotatable bonds is 5. The highest BCUT2D eigenvalue weighted by molar-refractivity contribution is 7.89. The molecule has 2 aromatic rings. The van der Waals surface area contributed by atoms with Gasteiger partial charge in [0.25, 0.3) is 0 Å². The van der Waals surface area contributed by atoms with Crippen molar-refractivity contribution in [1.82, 2.24) is 9.62 Å². The number of hydrogen-bond donors (Lipinski definition) is 1. The predicted molar refractivity (Wildman–Crippen MR) is 118 cm³/mol. The summed E-state index contributed by atoms with van der Waals surface area (Å²) in [6, 6.07) is 11.2. The number of nitrogens with zero attached hydrogens (tertiary/aromatic N) is 2. The van der Waals surface area contributed by atoms with Gasteiger partial charge in [-0.1, -0.05) is 23.7 Å². The van der Waals surface area contributed by atoms with Crippen molar-refractivity contribution in [3.8, 4) is 0 Å². The highest BCUT2D eigenvalue weighted by atomic mass is 35.5. The van der Waals surface area contributed by atoms with Crippen molar-refractivity contribution in [2.75, 3.05) is 18.0 Å². The average Bonchev–Trinajstić information content (AvgIpc) is 3.41. The molecule has 1 fully saturated rings. The number of hydrogen-bond acceptors (Lipinski definition) is 4. The largest absolute Gasteiger partial charge is 0.350 e. The number of halogens is 1. The van der Waals surface area contributed by atoms with E-state index < -0.39 is 16.1 Å². The van der Waals surface area contributed by atoms with Crippen LogP contribution in [0.3, 0.4) is 0 Å². The van der Waals surface area contributed by atoms with Crippen LogP contribution in [0.4, 0.5) is 5.69 Å². The van der Waals surface area contributed by atoms with E-state index in [1.54, 1.807) is 24.3 Å². The van der Waals surface area contributed by atoms with Crippen LogP contribution < -0.4 is 10.2 Å². The van der Waals surface area contributed by atoms with Crippen LogP contribution in [-0.2, 0) is 32.6 Å². The Balaban J connectivity index is 1.54. The SMILES string of the molecule is CC(=O)N1c2ccc(S(=O)(=O)N3CCCC3)cc2C[C@H]1C(=O)NCc1ccc(Cl)cc1. The van der Waals surface area contributed by atoms with Crippen LogP contribution in [0.2, 0.25) is 5.02 Å². The van der Waals surface area contributed by atoms with E-state index in [1.807, 2.05) is 12.1 Å². The molecule has 0 aliphatic carbocycles. The fraction of sp³-hybridized carbons (Fsp3) is 0.364. The van der Waals surface area contributed by atoms with Gasteiger partial charge in [-0.25, -0.2) is 8.42 Å². The molecule has 0 saturated carbocycles. The Morgan fingerprint density at radius 2 is 1.77 bits per heavy atom. The molecule has 1 saturated heterocycles. The molecule has 0 bridgehead atoms. The van der Waals surface area contributed by atoms with E-state index in [-0.39, 0.29) is 23.1 Å². The van der Waals surface area contributed by atoms with E-state index in [0.717, 1.165) is 18.4 Å². The molecule has 1 N–H and O–H groups in total. The van der Waals surface area contributed by atoms with Gasteiger partial charge >= 0.3 is 0 Å². The van der Waals surface area contributed by atoms with Crippen molar-refractivity contribution < 1.29 is 18.0 Å². The number of carbonyl (C=O) groups is 2. The molecule has 164 valence electrons. The van der Waals surface area contributed by atoms with E-state index >= 15 is 0 Å². The zero-order valence-corrected chi connectivity index (χ0v) is 18.7. The predicted octanol–water partition coefficient (Wildman–Crippen LogP) is 2.72. The smallest absolute Gasteiger partial charge is 0.243 e. The van der Waals surface area contributed by atoms with E-state index in [2.05, 4.69) is 5.32 Å². The lowest BCUT2D eigenvalue weighted by Crippen LogP contribution is -2.47. The van der Waals surface area contributed by atoms with Crippen LogP contribution in [0.1, 0.15) is 30.9 Å². The number of amides is 2. The molecule has 2 heterocycles. The van der Waals surface area contributed by atoms with Gasteiger partial charge in [0.2, 0.25) is 21.8 Å². The van der Waals surface area contributed by atoms with Crippen LogP contribution in [0.5, 0.6) is 0 Å². The first kappa shape index (κ1) is 21.8. The summed E-state index contributed by atoms with van der Waals surface area (Å²) in [5, 5.41) is 3.48. The second-order valence-corrected chi connectivity index (χ2v) is 10.2. The Labute approximate surface area is 187 Å². The van der Waals surface area contributed by atoms with Crippen molar-refractivity contribution in [1.29, 1.82) is 0 Å². The standard InChI is InChI=1S/C22H24ClN3O4S/c1-15(27)26-20-9-8-19(31(29,30)25-10-2-3-11-25)12-17(20)13-21(26)22(28)24-14-16-4-6-18(23)7-5-16/h4-9,12,21H,2-3,10-11,13-14H2,1H3,(H,24,28)/t21-/m0/s1. The Kier molecular flexibility index (Phi) is 6.05. The summed E-state index contributed by atoms with van der Waals surface area (Å²) in [7, 11) is -3.57. The molecule has 0 spiro atoms. The fourth-order valence-corrected chi connectivity index (χ4v) is 5.87. The lowest BCUT2D eigenvalue weighted by atomic mass is 10.1. The molecular weight excluding hydrogens is 438 g/mol. The molecule has 4 rings (SSSR count). The third-order valence-electron chi connectivity index (χ3n) is 5.76. The minimum absolute atomic E-state index is 0.207. The molecular formula is C22H24ClN3O4S. The van der Waals surface area contributed by atoms with Gasteiger partial charge in [0, 0.05) is 43.7 Å². The van der Waals surface area contributed by atoms with Gasteiger partial charge in [-0.3, -0.25) is 14.5 Å². The van der Waals surface area contributed by atoms with Gasteiger partial charge in [0.05, 0.1) is 4.90 Å². The number of sulfonamides is 1. The molecule has 2 aromatic carbocycles. The van der Waals surface area contributed by atoms with Gasteiger partial charge in [0.1, 0.15) is 6.04 Å². The van der Waals surface area contributed by atoms with Crippen molar-refractivity contribution in [3.63, 3.8) is 0 Å². The maximum absolute atomic E-state index is 12.9. The van der Waals surface area contributed by atoms with Crippen molar-refractivity contribution in [3.05, 3.63) is 58.6 Å². The van der Waals surface area contributed by atoms with Gasteiger partial charge in [0.15, 0.2) is 0 Å². The summed E-state index contributed by atoms with van der Waals surface area (Å²) in [6.07, 6.45) is 1.99. The van der Waals surface area contributed by atoms with Crippen LogP contribution in [0, 0.1) is 0 Å². The Morgan fingerprint density at radius 3 is 2.42 bits per heavy atom. The molecule has 2 aliphatic heterocycles. The van der Waals surface area contributed by atoms with Gasteiger partial charge in [-0.05, 0) is 54.3 Å². The first-order valence-electron chi connectivity index (χ1n) is 10.2. The summed E-state index contributed by atoms with van der Waals surface area (Å²) < 4.78 is 27.3. The van der Waals surface area contributed by atoms with E-state index in [1.165, 1.54) is 22.2 Å². The molecule has 7 nitrogen and oxygen atoms in total. The quantitative estimate of drug-likeness (QED) is 0.741. The molecule has 2 aliphatic rings. The van der Waals surface area contributed by atoms with Gasteiger partial charge in [-0.2, -0.15) is 4.31 Å². The van der Waals surface area contributed by atoms with E-state index in [0.29, 0.717) is 35.9 Å². The molecule has 0 aromatic heterocycles. The highest BCUT2D eigenvalue weighted by Crippen LogP contribution is 2.35. The topological polar surface area (TPSA) is 86.8 Å². The van der Waals surface area contributed by atoms with E-state index in [9.17, 15) is 18.0 Å². The van der Waals surface area contributed by atoms with Crippen molar-refractivity contribution in [2.24, 2.45) is 0 Å². The Bertz CT molecular complexity index is 1110. The Morgan fingerprint density at radius 1 is 1.10 bits per heavy atom. The van der Waals surface area contributed by atoms with Crippen LogP contribution in [-0.4, -0.2) is 43.7 Å².